The van der Waals surface area contributed by atoms with Crippen molar-refractivity contribution < 1.29 is 14.7 Å². The van der Waals surface area contributed by atoms with Crippen molar-refractivity contribution in [3.05, 3.63) is 36.3 Å². The summed E-state index contributed by atoms with van der Waals surface area (Å²) in [4.78, 5) is 25.6. The second-order valence-electron chi connectivity index (χ2n) is 5.73. The van der Waals surface area contributed by atoms with Gasteiger partial charge in [0.1, 0.15) is 11.4 Å². The smallest absolute Gasteiger partial charge is 0.308 e. The molecule has 3 rings (SSSR count). The average molecular weight is 302 g/mol. The topological polar surface area (TPSA) is 80.4 Å². The number of carbonyl (C=O) groups is 2. The van der Waals surface area contributed by atoms with Crippen LogP contribution in [-0.2, 0) is 11.8 Å². The van der Waals surface area contributed by atoms with E-state index in [4.69, 9.17) is 0 Å². The van der Waals surface area contributed by atoms with Crippen LogP contribution in [0, 0.1) is 11.8 Å². The largest absolute Gasteiger partial charge is 0.481 e. The number of aromatic nitrogens is 3. The van der Waals surface area contributed by atoms with Crippen LogP contribution >= 0.6 is 0 Å². The minimum atomic E-state index is -0.848. The van der Waals surface area contributed by atoms with Gasteiger partial charge in [-0.2, -0.15) is 5.10 Å². The molecule has 1 aliphatic rings. The molecule has 0 radical (unpaired) electrons. The molecule has 7 nitrogen and oxygen atoms in total. The van der Waals surface area contributed by atoms with E-state index in [9.17, 15) is 14.7 Å². The summed E-state index contributed by atoms with van der Waals surface area (Å²) in [5.41, 5.74) is 0.483. The highest BCUT2D eigenvalue weighted by atomic mass is 16.4. The number of rotatable bonds is 3. The Morgan fingerprint density at radius 2 is 1.95 bits per heavy atom. The van der Waals surface area contributed by atoms with Gasteiger partial charge in [0.2, 0.25) is 0 Å². The van der Waals surface area contributed by atoms with Crippen LogP contribution in [0.4, 0.5) is 0 Å². The van der Waals surface area contributed by atoms with Gasteiger partial charge in [0, 0.05) is 32.5 Å². The lowest BCUT2D eigenvalue weighted by Crippen LogP contribution is -2.30. The lowest BCUT2D eigenvalue weighted by Gasteiger charge is -2.16. The van der Waals surface area contributed by atoms with Gasteiger partial charge in [-0.3, -0.25) is 14.3 Å². The Morgan fingerprint density at radius 1 is 1.27 bits per heavy atom. The highest BCUT2D eigenvalue weighted by molar-refractivity contribution is 5.97. The van der Waals surface area contributed by atoms with Gasteiger partial charge in [-0.1, -0.05) is 6.92 Å². The highest BCUT2D eigenvalue weighted by Crippen LogP contribution is 2.26. The van der Waals surface area contributed by atoms with Crippen LogP contribution in [0.2, 0.25) is 0 Å². The molecule has 2 atom stereocenters. The molecule has 1 fully saturated rings. The van der Waals surface area contributed by atoms with Crippen molar-refractivity contribution in [2.24, 2.45) is 18.9 Å². The molecule has 1 amide bonds. The molecule has 2 aromatic heterocycles. The second-order valence-corrected chi connectivity index (χ2v) is 5.73. The number of hydrogen-bond acceptors (Lipinski definition) is 3. The van der Waals surface area contributed by atoms with Gasteiger partial charge < -0.3 is 14.6 Å². The maximum atomic E-state index is 12.8. The number of nitrogens with zero attached hydrogens (tertiary/aromatic N) is 4. The average Bonchev–Trinajstić information content (AvgIpc) is 3.16. The summed E-state index contributed by atoms with van der Waals surface area (Å²) in [5.74, 6) is -0.891. The first-order chi connectivity index (χ1) is 10.5. The summed E-state index contributed by atoms with van der Waals surface area (Å²) in [5, 5.41) is 13.4. The minimum absolute atomic E-state index is 0.0480. The second kappa shape index (κ2) is 5.32. The molecule has 0 spiro atoms. The van der Waals surface area contributed by atoms with Crippen molar-refractivity contribution in [3.8, 4) is 5.82 Å². The number of hydrogen-bond donors (Lipinski definition) is 1. The zero-order valence-corrected chi connectivity index (χ0v) is 12.5. The summed E-state index contributed by atoms with van der Waals surface area (Å²) >= 11 is 0. The summed E-state index contributed by atoms with van der Waals surface area (Å²) in [6, 6.07) is 3.75. The van der Waals surface area contributed by atoms with Crippen LogP contribution in [0.25, 0.3) is 5.82 Å². The molecule has 0 unspecified atom stereocenters. The number of carbonyl (C=O) groups excluding carboxylic acids is 1. The quantitative estimate of drug-likeness (QED) is 0.917. The molecule has 3 heterocycles. The summed E-state index contributed by atoms with van der Waals surface area (Å²) in [6.07, 6.45) is 5.23. The fourth-order valence-electron chi connectivity index (χ4n) is 2.99. The summed E-state index contributed by atoms with van der Waals surface area (Å²) in [7, 11) is 1.78. The molecule has 116 valence electrons. The first-order valence-electron chi connectivity index (χ1n) is 7.16. The van der Waals surface area contributed by atoms with E-state index in [-0.39, 0.29) is 18.4 Å². The molecule has 1 saturated heterocycles. The third-order valence-corrected chi connectivity index (χ3v) is 4.20. The van der Waals surface area contributed by atoms with Crippen molar-refractivity contribution in [2.75, 3.05) is 13.1 Å². The molecule has 0 aliphatic carbocycles. The third-order valence-electron chi connectivity index (χ3n) is 4.20. The lowest BCUT2D eigenvalue weighted by atomic mass is 9.99. The molecule has 0 aromatic carbocycles. The van der Waals surface area contributed by atoms with E-state index < -0.39 is 11.9 Å². The Morgan fingerprint density at radius 3 is 2.55 bits per heavy atom. The van der Waals surface area contributed by atoms with Gasteiger partial charge in [0.25, 0.3) is 5.91 Å². The number of amides is 1. The van der Waals surface area contributed by atoms with E-state index in [1.807, 2.05) is 36.0 Å². The van der Waals surface area contributed by atoms with Crippen molar-refractivity contribution in [1.82, 2.24) is 19.2 Å². The Balaban J connectivity index is 1.90. The molecule has 0 saturated carbocycles. The zero-order chi connectivity index (χ0) is 15.9. The molecule has 7 heteroatoms. The normalized spacial score (nSPS) is 21.3. The van der Waals surface area contributed by atoms with Crippen LogP contribution in [-0.4, -0.2) is 49.3 Å². The van der Waals surface area contributed by atoms with Crippen molar-refractivity contribution in [3.63, 3.8) is 0 Å². The number of carboxylic acid groups (broad SMARTS) is 1. The van der Waals surface area contributed by atoms with Crippen LogP contribution in [0.1, 0.15) is 17.3 Å². The number of aliphatic carboxylic acids is 1. The summed E-state index contributed by atoms with van der Waals surface area (Å²) in [6.45, 7) is 2.56. The molecule has 2 aromatic rings. The van der Waals surface area contributed by atoms with Gasteiger partial charge in [-0.25, -0.2) is 0 Å². The number of likely N-dealkylation sites (tertiary alicyclic amines) is 1. The van der Waals surface area contributed by atoms with E-state index >= 15 is 0 Å². The Kier molecular flexibility index (Phi) is 3.48. The Labute approximate surface area is 127 Å². The molecular formula is C15H18N4O3. The summed E-state index contributed by atoms with van der Waals surface area (Å²) < 4.78 is 3.47. The van der Waals surface area contributed by atoms with Gasteiger partial charge in [0.15, 0.2) is 0 Å². The van der Waals surface area contributed by atoms with Crippen LogP contribution < -0.4 is 0 Å². The van der Waals surface area contributed by atoms with Crippen molar-refractivity contribution in [1.29, 1.82) is 0 Å². The van der Waals surface area contributed by atoms with E-state index in [0.717, 1.165) is 0 Å². The monoisotopic (exact) mass is 302 g/mol. The molecule has 1 N–H and O–H groups in total. The fourth-order valence-corrected chi connectivity index (χ4v) is 2.99. The maximum absolute atomic E-state index is 12.8. The number of carboxylic acids is 1. The van der Waals surface area contributed by atoms with Gasteiger partial charge in [0.05, 0.1) is 12.1 Å². The Bertz CT molecular complexity index is 704. The first-order valence-corrected chi connectivity index (χ1v) is 7.16. The SMILES string of the molecule is C[C@@H]1CN(C(=O)c2cnn(C)c2-n2cccc2)C[C@H]1C(=O)O. The number of aryl methyl sites for hydroxylation is 1. The van der Waals surface area contributed by atoms with E-state index in [1.165, 1.54) is 6.20 Å². The van der Waals surface area contributed by atoms with Crippen LogP contribution in [0.5, 0.6) is 0 Å². The standard InChI is InChI=1S/C15H18N4O3/c1-10-8-19(9-12(10)15(21)22)14(20)11-7-16-17(2)13(11)18-5-3-4-6-18/h3-7,10,12H,8-9H2,1-2H3,(H,21,22)/t10-,12-/m1/s1. The van der Waals surface area contributed by atoms with E-state index in [2.05, 4.69) is 5.10 Å². The molecule has 0 bridgehead atoms. The van der Waals surface area contributed by atoms with Gasteiger partial charge >= 0.3 is 5.97 Å². The predicted octanol–water partition coefficient (Wildman–Crippen LogP) is 1.00. The maximum Gasteiger partial charge on any atom is 0.308 e. The molecular weight excluding hydrogens is 284 g/mol. The molecule has 22 heavy (non-hydrogen) atoms. The van der Waals surface area contributed by atoms with Gasteiger partial charge in [-0.15, -0.1) is 0 Å². The van der Waals surface area contributed by atoms with E-state index in [1.54, 1.807) is 16.6 Å². The van der Waals surface area contributed by atoms with Crippen molar-refractivity contribution >= 4 is 11.9 Å². The fraction of sp³-hybridized carbons (Fsp3) is 0.400. The molecule has 1 aliphatic heterocycles. The predicted molar refractivity (Wildman–Crippen MR) is 78.7 cm³/mol. The van der Waals surface area contributed by atoms with Crippen LogP contribution in [0.15, 0.2) is 30.7 Å². The van der Waals surface area contributed by atoms with E-state index in [0.29, 0.717) is 17.9 Å². The lowest BCUT2D eigenvalue weighted by molar-refractivity contribution is -0.142. The first kappa shape index (κ1) is 14.4. The minimum Gasteiger partial charge on any atom is -0.481 e. The van der Waals surface area contributed by atoms with Crippen molar-refractivity contribution in [2.45, 2.75) is 6.92 Å². The third kappa shape index (κ3) is 2.28. The highest BCUT2D eigenvalue weighted by Gasteiger charge is 2.38. The van der Waals surface area contributed by atoms with Gasteiger partial charge in [-0.05, 0) is 18.1 Å². The Hall–Kier alpha value is -2.57. The zero-order valence-electron chi connectivity index (χ0n) is 12.5. The van der Waals surface area contributed by atoms with Crippen LogP contribution in [0.3, 0.4) is 0 Å².